The van der Waals surface area contributed by atoms with Crippen LogP contribution in [0.5, 0.6) is 0 Å². The molecule has 1 N–H and O–H groups in total. The summed E-state index contributed by atoms with van der Waals surface area (Å²) in [4.78, 5) is 30.6. The number of nitrogens with zero attached hydrogens (tertiary/aromatic N) is 4. The second-order valence-electron chi connectivity index (χ2n) is 6.85. The summed E-state index contributed by atoms with van der Waals surface area (Å²) in [5.41, 5.74) is 3.07. The van der Waals surface area contributed by atoms with E-state index in [4.69, 9.17) is 10.1 Å². The van der Waals surface area contributed by atoms with Gasteiger partial charge >= 0.3 is 5.97 Å². The van der Waals surface area contributed by atoms with Crippen molar-refractivity contribution in [3.8, 4) is 0 Å². The minimum Gasteiger partial charge on any atom is -0.481 e. The molecular weight excluding hydrogens is 308 g/mol. The van der Waals surface area contributed by atoms with Gasteiger partial charge in [-0.05, 0) is 32.3 Å². The first-order valence-electron chi connectivity index (χ1n) is 8.32. The topological polar surface area (TPSA) is 88.3 Å². The van der Waals surface area contributed by atoms with Crippen LogP contribution < -0.4 is 0 Å². The predicted molar refractivity (Wildman–Crippen MR) is 86.9 cm³/mol. The molecule has 2 aliphatic rings. The summed E-state index contributed by atoms with van der Waals surface area (Å²) in [5.74, 6) is -0.976. The molecule has 2 aromatic heterocycles. The Morgan fingerprint density at radius 2 is 2.04 bits per heavy atom. The van der Waals surface area contributed by atoms with E-state index >= 15 is 0 Å². The van der Waals surface area contributed by atoms with Crippen LogP contribution in [0, 0.1) is 12.8 Å². The van der Waals surface area contributed by atoms with Crippen LogP contribution in [0.4, 0.5) is 0 Å². The van der Waals surface area contributed by atoms with Gasteiger partial charge in [0.2, 0.25) is 0 Å². The van der Waals surface area contributed by atoms with Crippen LogP contribution in [-0.4, -0.2) is 49.7 Å². The van der Waals surface area contributed by atoms with Gasteiger partial charge in [-0.3, -0.25) is 14.3 Å². The Labute approximate surface area is 139 Å². The zero-order chi connectivity index (χ0) is 17.0. The van der Waals surface area contributed by atoms with Gasteiger partial charge in [-0.15, -0.1) is 0 Å². The number of aromatic nitrogens is 3. The standard InChI is InChI=1S/C17H20N4O3/c1-9-14-12(16(22)21-6-5-11(8-21)17(23)24)7-13(10-3-4-10)18-15(14)20(2)19-9/h7,10-11H,3-6,8H2,1-2H3,(H,23,24). The Kier molecular flexibility index (Phi) is 3.33. The third-order valence-electron chi connectivity index (χ3n) is 5.04. The lowest BCUT2D eigenvalue weighted by atomic mass is 10.1. The van der Waals surface area contributed by atoms with E-state index in [0.29, 0.717) is 24.4 Å². The van der Waals surface area contributed by atoms with E-state index in [1.54, 1.807) is 9.58 Å². The molecule has 1 unspecified atom stereocenters. The Morgan fingerprint density at radius 1 is 1.29 bits per heavy atom. The summed E-state index contributed by atoms with van der Waals surface area (Å²) in [5, 5.41) is 14.4. The second-order valence-corrected chi connectivity index (χ2v) is 6.85. The van der Waals surface area contributed by atoms with Crippen LogP contribution in [0.25, 0.3) is 11.0 Å². The predicted octanol–water partition coefficient (Wildman–Crippen LogP) is 1.70. The maximum Gasteiger partial charge on any atom is 0.308 e. The van der Waals surface area contributed by atoms with Gasteiger partial charge in [-0.1, -0.05) is 0 Å². The molecular formula is C17H20N4O3. The van der Waals surface area contributed by atoms with Crippen LogP contribution >= 0.6 is 0 Å². The van der Waals surface area contributed by atoms with Crippen molar-refractivity contribution in [3.63, 3.8) is 0 Å². The van der Waals surface area contributed by atoms with Crippen molar-refractivity contribution in [3.05, 3.63) is 23.0 Å². The molecule has 0 bridgehead atoms. The number of likely N-dealkylation sites (tertiary alicyclic amines) is 1. The number of amides is 1. The first-order valence-corrected chi connectivity index (χ1v) is 8.32. The number of fused-ring (bicyclic) bond motifs is 1. The van der Waals surface area contributed by atoms with Crippen LogP contribution in [0.3, 0.4) is 0 Å². The molecule has 126 valence electrons. The van der Waals surface area contributed by atoms with Gasteiger partial charge in [0.05, 0.1) is 22.6 Å². The fourth-order valence-corrected chi connectivity index (χ4v) is 3.54. The Hall–Kier alpha value is -2.44. The highest BCUT2D eigenvalue weighted by Gasteiger charge is 2.34. The van der Waals surface area contributed by atoms with Gasteiger partial charge in [0, 0.05) is 31.7 Å². The summed E-state index contributed by atoms with van der Waals surface area (Å²) >= 11 is 0. The van der Waals surface area contributed by atoms with Crippen LogP contribution in [0.2, 0.25) is 0 Å². The largest absolute Gasteiger partial charge is 0.481 e. The van der Waals surface area contributed by atoms with Gasteiger partial charge in [0.15, 0.2) is 5.65 Å². The SMILES string of the molecule is Cc1nn(C)c2nc(C3CC3)cc(C(=O)N3CCC(C(=O)O)C3)c12. The molecule has 1 amide bonds. The van der Waals surface area contributed by atoms with Crippen LogP contribution in [-0.2, 0) is 11.8 Å². The Bertz CT molecular complexity index is 853. The smallest absolute Gasteiger partial charge is 0.308 e. The number of carbonyl (C=O) groups excluding carboxylic acids is 1. The van der Waals surface area contributed by atoms with Gasteiger partial charge in [-0.25, -0.2) is 4.98 Å². The molecule has 1 atom stereocenters. The van der Waals surface area contributed by atoms with E-state index in [-0.39, 0.29) is 12.5 Å². The number of pyridine rings is 1. The molecule has 3 heterocycles. The number of aliphatic carboxylic acids is 1. The summed E-state index contributed by atoms with van der Waals surface area (Å²) in [7, 11) is 1.84. The number of carboxylic acid groups (broad SMARTS) is 1. The molecule has 4 rings (SSSR count). The lowest BCUT2D eigenvalue weighted by Crippen LogP contribution is -2.30. The molecule has 0 aromatic carbocycles. The van der Waals surface area contributed by atoms with E-state index in [0.717, 1.165) is 35.3 Å². The number of carbonyl (C=O) groups is 2. The molecule has 1 saturated carbocycles. The highest BCUT2D eigenvalue weighted by atomic mass is 16.4. The second kappa shape index (κ2) is 5.29. The Balaban J connectivity index is 1.77. The number of aryl methyl sites for hydroxylation is 2. The average Bonchev–Trinajstić information content (AvgIpc) is 3.21. The van der Waals surface area contributed by atoms with Crippen molar-refractivity contribution < 1.29 is 14.7 Å². The molecule has 7 heteroatoms. The highest BCUT2D eigenvalue weighted by molar-refractivity contribution is 6.06. The van der Waals surface area contributed by atoms with E-state index in [2.05, 4.69) is 5.10 Å². The lowest BCUT2D eigenvalue weighted by molar-refractivity contribution is -0.141. The molecule has 0 radical (unpaired) electrons. The molecule has 1 saturated heterocycles. The quantitative estimate of drug-likeness (QED) is 0.926. The molecule has 2 fully saturated rings. The summed E-state index contributed by atoms with van der Waals surface area (Å²) in [6, 6.07) is 1.89. The molecule has 2 aromatic rings. The van der Waals surface area contributed by atoms with Gasteiger partial charge in [0.1, 0.15) is 0 Å². The first-order chi connectivity index (χ1) is 11.5. The summed E-state index contributed by atoms with van der Waals surface area (Å²) in [6.07, 6.45) is 2.72. The molecule has 7 nitrogen and oxygen atoms in total. The van der Waals surface area contributed by atoms with E-state index in [1.165, 1.54) is 0 Å². The van der Waals surface area contributed by atoms with E-state index in [1.807, 2.05) is 20.0 Å². The van der Waals surface area contributed by atoms with Crippen LogP contribution in [0.15, 0.2) is 6.07 Å². The van der Waals surface area contributed by atoms with E-state index < -0.39 is 11.9 Å². The van der Waals surface area contributed by atoms with Gasteiger partial charge in [-0.2, -0.15) is 5.10 Å². The monoisotopic (exact) mass is 328 g/mol. The minimum absolute atomic E-state index is 0.107. The number of hydrogen-bond donors (Lipinski definition) is 1. The van der Waals surface area contributed by atoms with Crippen LogP contribution in [0.1, 0.15) is 46.9 Å². The zero-order valence-corrected chi connectivity index (χ0v) is 13.8. The fraction of sp³-hybridized carbons (Fsp3) is 0.529. The summed E-state index contributed by atoms with van der Waals surface area (Å²) in [6.45, 7) is 2.63. The van der Waals surface area contributed by atoms with Crippen molar-refractivity contribution in [2.45, 2.75) is 32.1 Å². The zero-order valence-electron chi connectivity index (χ0n) is 13.8. The molecule has 24 heavy (non-hydrogen) atoms. The van der Waals surface area contributed by atoms with Gasteiger partial charge in [0.25, 0.3) is 5.91 Å². The Morgan fingerprint density at radius 3 is 2.67 bits per heavy atom. The third-order valence-corrected chi connectivity index (χ3v) is 5.04. The van der Waals surface area contributed by atoms with Crippen molar-refractivity contribution in [2.24, 2.45) is 13.0 Å². The van der Waals surface area contributed by atoms with Crippen molar-refractivity contribution in [2.75, 3.05) is 13.1 Å². The normalized spacial score (nSPS) is 20.8. The average molecular weight is 328 g/mol. The number of rotatable bonds is 3. The minimum atomic E-state index is -0.832. The summed E-state index contributed by atoms with van der Waals surface area (Å²) < 4.78 is 1.72. The maximum absolute atomic E-state index is 13.1. The number of carboxylic acids is 1. The first kappa shape index (κ1) is 15.1. The van der Waals surface area contributed by atoms with Crippen molar-refractivity contribution in [1.82, 2.24) is 19.7 Å². The third kappa shape index (κ3) is 2.35. The van der Waals surface area contributed by atoms with Crippen molar-refractivity contribution in [1.29, 1.82) is 0 Å². The fourth-order valence-electron chi connectivity index (χ4n) is 3.54. The maximum atomic E-state index is 13.1. The van der Waals surface area contributed by atoms with E-state index in [9.17, 15) is 9.59 Å². The van der Waals surface area contributed by atoms with Gasteiger partial charge < -0.3 is 10.0 Å². The van der Waals surface area contributed by atoms with Crippen molar-refractivity contribution >= 4 is 22.9 Å². The molecule has 1 aliphatic heterocycles. The lowest BCUT2D eigenvalue weighted by Gasteiger charge is -2.17. The molecule has 1 aliphatic carbocycles. The molecule has 0 spiro atoms. The highest BCUT2D eigenvalue weighted by Crippen LogP contribution is 2.40. The number of hydrogen-bond acceptors (Lipinski definition) is 4.